The summed E-state index contributed by atoms with van der Waals surface area (Å²) in [5, 5.41) is 3.04. The molecule has 6 heteroatoms. The Morgan fingerprint density at radius 3 is 2.30 bits per heavy atom. The molecule has 1 N–H and O–H groups in total. The van der Waals surface area contributed by atoms with Gasteiger partial charge in [-0.25, -0.2) is 0 Å². The molecule has 6 nitrogen and oxygen atoms in total. The van der Waals surface area contributed by atoms with Crippen LogP contribution in [0.25, 0.3) is 0 Å². The fraction of sp³-hybridized carbons (Fsp3) is 0.125. The van der Waals surface area contributed by atoms with Crippen molar-refractivity contribution in [1.82, 2.24) is 10.2 Å². The van der Waals surface area contributed by atoms with Gasteiger partial charge in [0.05, 0.1) is 24.3 Å². The average molecular weight is 400 g/mol. The molecule has 3 amide bonds. The molecule has 1 atom stereocenters. The number of amides is 3. The zero-order valence-corrected chi connectivity index (χ0v) is 16.6. The number of hydrogen-bond donors (Lipinski definition) is 1. The largest absolute Gasteiger partial charge is 0.496 e. The van der Waals surface area contributed by atoms with E-state index < -0.39 is 11.9 Å². The summed E-state index contributed by atoms with van der Waals surface area (Å²) in [7, 11) is 3.01. The average Bonchev–Trinajstić information content (AvgIpc) is 3.01. The fourth-order valence-corrected chi connectivity index (χ4v) is 3.61. The van der Waals surface area contributed by atoms with E-state index in [1.165, 1.54) is 19.2 Å². The number of carbonyl (C=O) groups excluding carboxylic acids is 3. The molecule has 0 fully saturated rings. The second kappa shape index (κ2) is 7.83. The summed E-state index contributed by atoms with van der Waals surface area (Å²) >= 11 is 0. The number of nitrogens with one attached hydrogen (secondary N) is 1. The van der Waals surface area contributed by atoms with Crippen molar-refractivity contribution in [2.45, 2.75) is 6.04 Å². The fourth-order valence-electron chi connectivity index (χ4n) is 3.61. The van der Waals surface area contributed by atoms with Crippen molar-refractivity contribution in [3.8, 4) is 5.75 Å². The predicted octanol–water partition coefficient (Wildman–Crippen LogP) is 3.44. The number of methoxy groups -OCH3 is 1. The zero-order valence-electron chi connectivity index (χ0n) is 16.6. The van der Waals surface area contributed by atoms with Gasteiger partial charge in [-0.2, -0.15) is 0 Å². The highest BCUT2D eigenvalue weighted by molar-refractivity contribution is 6.21. The second-order valence-corrected chi connectivity index (χ2v) is 6.99. The lowest BCUT2D eigenvalue weighted by atomic mass is 9.97. The predicted molar refractivity (Wildman–Crippen MR) is 112 cm³/mol. The van der Waals surface area contributed by atoms with Gasteiger partial charge in [0.15, 0.2) is 0 Å². The van der Waals surface area contributed by atoms with Gasteiger partial charge < -0.3 is 10.1 Å². The summed E-state index contributed by atoms with van der Waals surface area (Å²) in [4.78, 5) is 38.5. The number of rotatable bonds is 5. The monoisotopic (exact) mass is 400 g/mol. The van der Waals surface area contributed by atoms with Crippen LogP contribution in [0, 0.1) is 0 Å². The van der Waals surface area contributed by atoms with Crippen LogP contribution in [0.15, 0.2) is 72.8 Å². The molecule has 0 aliphatic carbocycles. The molecule has 1 aliphatic heterocycles. The third-order valence-electron chi connectivity index (χ3n) is 5.21. The van der Waals surface area contributed by atoms with Crippen LogP contribution in [0.3, 0.4) is 0 Å². The highest BCUT2D eigenvalue weighted by atomic mass is 16.5. The Balaban J connectivity index is 1.70. The van der Waals surface area contributed by atoms with E-state index in [0.717, 1.165) is 16.0 Å². The van der Waals surface area contributed by atoms with Crippen LogP contribution in [-0.4, -0.2) is 36.8 Å². The van der Waals surface area contributed by atoms with Crippen LogP contribution in [0.4, 0.5) is 0 Å². The van der Waals surface area contributed by atoms with E-state index in [1.54, 1.807) is 13.2 Å². The van der Waals surface area contributed by atoms with Gasteiger partial charge in [0, 0.05) is 18.2 Å². The van der Waals surface area contributed by atoms with E-state index in [2.05, 4.69) is 5.32 Å². The van der Waals surface area contributed by atoms with Crippen LogP contribution >= 0.6 is 0 Å². The highest BCUT2D eigenvalue weighted by Gasteiger charge is 2.33. The summed E-state index contributed by atoms with van der Waals surface area (Å²) in [5.41, 5.74) is 2.56. The van der Waals surface area contributed by atoms with Crippen LogP contribution in [-0.2, 0) is 0 Å². The molecule has 0 bridgehead atoms. The Kier molecular flexibility index (Phi) is 5.06. The maximum absolute atomic E-state index is 13.1. The lowest BCUT2D eigenvalue weighted by Gasteiger charge is -2.22. The topological polar surface area (TPSA) is 75.7 Å². The number of imide groups is 1. The molecule has 150 valence electrons. The van der Waals surface area contributed by atoms with E-state index in [4.69, 9.17) is 4.74 Å². The summed E-state index contributed by atoms with van der Waals surface area (Å²) in [5.74, 6) is -0.470. The quantitative estimate of drug-likeness (QED) is 0.666. The van der Waals surface area contributed by atoms with E-state index >= 15 is 0 Å². The Morgan fingerprint density at radius 1 is 0.900 bits per heavy atom. The van der Waals surface area contributed by atoms with Crippen molar-refractivity contribution in [1.29, 1.82) is 0 Å². The van der Waals surface area contributed by atoms with E-state index in [-0.39, 0.29) is 17.4 Å². The van der Waals surface area contributed by atoms with Crippen molar-refractivity contribution in [3.05, 3.63) is 101 Å². The first-order valence-electron chi connectivity index (χ1n) is 9.46. The molecule has 0 saturated carbocycles. The van der Waals surface area contributed by atoms with Gasteiger partial charge in [-0.15, -0.1) is 0 Å². The van der Waals surface area contributed by atoms with E-state index in [1.807, 2.05) is 54.6 Å². The Hall–Kier alpha value is -3.93. The molecule has 0 radical (unpaired) electrons. The molecule has 0 spiro atoms. The van der Waals surface area contributed by atoms with Crippen molar-refractivity contribution in [2.24, 2.45) is 0 Å². The van der Waals surface area contributed by atoms with E-state index in [0.29, 0.717) is 16.9 Å². The lowest BCUT2D eigenvalue weighted by Crippen LogP contribution is -2.29. The maximum Gasteiger partial charge on any atom is 0.261 e. The molecule has 30 heavy (non-hydrogen) atoms. The minimum Gasteiger partial charge on any atom is -0.496 e. The Morgan fingerprint density at radius 2 is 1.57 bits per heavy atom. The lowest BCUT2D eigenvalue weighted by molar-refractivity contribution is 0.0693. The van der Waals surface area contributed by atoms with Gasteiger partial charge in [0.2, 0.25) is 0 Å². The van der Waals surface area contributed by atoms with Crippen LogP contribution in [0.5, 0.6) is 5.75 Å². The second-order valence-electron chi connectivity index (χ2n) is 6.99. The summed E-state index contributed by atoms with van der Waals surface area (Å²) in [6.07, 6.45) is 0. The minimum atomic E-state index is -0.455. The number of carbonyl (C=O) groups is 3. The van der Waals surface area contributed by atoms with Crippen molar-refractivity contribution in [2.75, 3.05) is 14.2 Å². The van der Waals surface area contributed by atoms with Gasteiger partial charge in [0.1, 0.15) is 5.75 Å². The molecule has 0 unspecified atom stereocenters. The minimum absolute atomic E-state index is 0.240. The van der Waals surface area contributed by atoms with Crippen molar-refractivity contribution >= 4 is 17.7 Å². The number of hydrogen-bond acceptors (Lipinski definition) is 4. The Bertz CT molecular complexity index is 1140. The zero-order chi connectivity index (χ0) is 21.3. The number of para-hydroxylation sites is 1. The first-order valence-corrected chi connectivity index (χ1v) is 9.46. The first-order chi connectivity index (χ1) is 14.5. The third kappa shape index (κ3) is 3.33. The van der Waals surface area contributed by atoms with E-state index in [9.17, 15) is 14.4 Å². The number of fused-ring (bicyclic) bond motifs is 1. The molecular weight excluding hydrogens is 380 g/mol. The first kappa shape index (κ1) is 19.4. The summed E-state index contributed by atoms with van der Waals surface area (Å²) in [6, 6.07) is 21.2. The molecule has 3 aromatic rings. The molecular formula is C24H20N2O4. The SMILES string of the molecule is COc1ccccc1[C@@H](NC(=O)c1ccc2c(c1)C(=O)N(C)C2=O)c1ccccc1. The van der Waals surface area contributed by atoms with Crippen molar-refractivity contribution in [3.63, 3.8) is 0 Å². The maximum atomic E-state index is 13.1. The van der Waals surface area contributed by atoms with Gasteiger partial charge in [-0.05, 0) is 29.8 Å². The Labute approximate surface area is 174 Å². The number of nitrogens with zero attached hydrogens (tertiary/aromatic N) is 1. The number of benzene rings is 3. The van der Waals surface area contributed by atoms with Crippen LogP contribution in [0.2, 0.25) is 0 Å². The van der Waals surface area contributed by atoms with Crippen LogP contribution in [0.1, 0.15) is 48.2 Å². The molecule has 4 rings (SSSR count). The van der Waals surface area contributed by atoms with Gasteiger partial charge in [0.25, 0.3) is 17.7 Å². The van der Waals surface area contributed by atoms with Gasteiger partial charge in [-0.1, -0.05) is 48.5 Å². The van der Waals surface area contributed by atoms with Gasteiger partial charge >= 0.3 is 0 Å². The molecule has 1 heterocycles. The molecule has 3 aromatic carbocycles. The number of ether oxygens (including phenoxy) is 1. The normalized spacial score (nSPS) is 13.7. The molecule has 0 aromatic heterocycles. The van der Waals surface area contributed by atoms with Crippen molar-refractivity contribution < 1.29 is 19.1 Å². The van der Waals surface area contributed by atoms with Gasteiger partial charge in [-0.3, -0.25) is 19.3 Å². The standard InChI is InChI=1S/C24H20N2O4/c1-26-23(28)17-13-12-16(14-19(17)24(26)29)22(27)25-21(15-8-4-3-5-9-15)18-10-6-7-11-20(18)30-2/h3-14,21H,1-2H3,(H,25,27)/t21-/m0/s1. The van der Waals surface area contributed by atoms with Crippen LogP contribution < -0.4 is 10.1 Å². The summed E-state index contributed by atoms with van der Waals surface area (Å²) in [6.45, 7) is 0. The molecule has 1 aliphatic rings. The highest BCUT2D eigenvalue weighted by Crippen LogP contribution is 2.30. The molecule has 0 saturated heterocycles. The third-order valence-corrected chi connectivity index (χ3v) is 5.21. The smallest absolute Gasteiger partial charge is 0.261 e. The summed E-state index contributed by atoms with van der Waals surface area (Å²) < 4.78 is 5.49.